The number of nitrogens with one attached hydrogen (secondary N) is 1. The van der Waals surface area contributed by atoms with E-state index in [0.717, 1.165) is 11.1 Å². The van der Waals surface area contributed by atoms with Crippen molar-refractivity contribution >= 4 is 17.3 Å². The number of nitro groups is 1. The number of amides is 1. The first-order valence-corrected chi connectivity index (χ1v) is 10.3. The molecule has 0 bridgehead atoms. The molecule has 0 aliphatic carbocycles. The molecule has 0 fully saturated rings. The van der Waals surface area contributed by atoms with Gasteiger partial charge in [-0.25, -0.2) is 0 Å². The van der Waals surface area contributed by atoms with Gasteiger partial charge in [-0.05, 0) is 30.7 Å². The topological polar surface area (TPSA) is 99.3 Å². The van der Waals surface area contributed by atoms with Crippen molar-refractivity contribution in [2.24, 2.45) is 0 Å². The molecule has 4 aromatic rings. The fourth-order valence-electron chi connectivity index (χ4n) is 3.57. The minimum atomic E-state index is -0.468. The van der Waals surface area contributed by atoms with Gasteiger partial charge >= 0.3 is 0 Å². The summed E-state index contributed by atoms with van der Waals surface area (Å²) in [4.78, 5) is 24.1. The molecule has 0 aliphatic heterocycles. The van der Waals surface area contributed by atoms with E-state index in [9.17, 15) is 14.9 Å². The highest BCUT2D eigenvalue weighted by Gasteiger charge is 2.21. The van der Waals surface area contributed by atoms with E-state index in [1.807, 2.05) is 54.6 Å². The molecule has 0 unspecified atom stereocenters. The third-order valence-corrected chi connectivity index (χ3v) is 5.29. The molecule has 4 rings (SSSR count). The zero-order chi connectivity index (χ0) is 23.4. The number of carbonyl (C=O) groups excluding carboxylic acids is 1. The Balaban J connectivity index is 1.73. The van der Waals surface area contributed by atoms with Crippen LogP contribution in [-0.2, 0) is 6.54 Å². The van der Waals surface area contributed by atoms with Crippen LogP contribution in [0.3, 0.4) is 0 Å². The molecule has 1 aromatic heterocycles. The lowest BCUT2D eigenvalue weighted by atomic mass is 10.1. The van der Waals surface area contributed by atoms with Crippen LogP contribution >= 0.6 is 0 Å². The van der Waals surface area contributed by atoms with Crippen LogP contribution < -0.4 is 10.1 Å². The lowest BCUT2D eigenvalue weighted by Gasteiger charge is -2.09. The van der Waals surface area contributed by atoms with Crippen LogP contribution in [0.25, 0.3) is 11.3 Å². The van der Waals surface area contributed by atoms with Crippen molar-refractivity contribution in [3.8, 4) is 17.0 Å². The number of rotatable bonds is 7. The second-order valence-electron chi connectivity index (χ2n) is 7.47. The number of methoxy groups -OCH3 is 1. The molecule has 8 nitrogen and oxygen atoms in total. The van der Waals surface area contributed by atoms with Gasteiger partial charge < -0.3 is 10.1 Å². The number of ether oxygens (including phenoxy) is 1. The molecule has 0 radical (unpaired) electrons. The van der Waals surface area contributed by atoms with E-state index < -0.39 is 10.8 Å². The molecule has 1 heterocycles. The summed E-state index contributed by atoms with van der Waals surface area (Å²) in [7, 11) is 1.58. The van der Waals surface area contributed by atoms with Crippen LogP contribution in [0.2, 0.25) is 0 Å². The van der Waals surface area contributed by atoms with Gasteiger partial charge in [-0.1, -0.05) is 48.5 Å². The van der Waals surface area contributed by atoms with E-state index in [0.29, 0.717) is 34.8 Å². The zero-order valence-electron chi connectivity index (χ0n) is 18.2. The Morgan fingerprint density at radius 1 is 1.09 bits per heavy atom. The van der Waals surface area contributed by atoms with Gasteiger partial charge in [0.2, 0.25) is 0 Å². The molecule has 166 valence electrons. The van der Waals surface area contributed by atoms with Crippen molar-refractivity contribution in [2.45, 2.75) is 13.5 Å². The summed E-state index contributed by atoms with van der Waals surface area (Å²) >= 11 is 0. The lowest BCUT2D eigenvalue weighted by molar-refractivity contribution is -0.385. The Bertz CT molecular complexity index is 1320. The van der Waals surface area contributed by atoms with Gasteiger partial charge in [0.15, 0.2) is 0 Å². The second kappa shape index (κ2) is 9.35. The number of nitro benzene ring substituents is 1. The maximum atomic E-state index is 13.3. The summed E-state index contributed by atoms with van der Waals surface area (Å²) in [5, 5.41) is 18.8. The van der Waals surface area contributed by atoms with Crippen molar-refractivity contribution in [3.63, 3.8) is 0 Å². The van der Waals surface area contributed by atoms with Crippen molar-refractivity contribution in [2.75, 3.05) is 12.4 Å². The van der Waals surface area contributed by atoms with Gasteiger partial charge in [-0.2, -0.15) is 5.10 Å². The van der Waals surface area contributed by atoms with Crippen LogP contribution in [-0.4, -0.2) is 27.7 Å². The molecule has 1 N–H and O–H groups in total. The van der Waals surface area contributed by atoms with Crippen LogP contribution in [0.1, 0.15) is 21.5 Å². The Morgan fingerprint density at radius 3 is 2.58 bits per heavy atom. The minimum Gasteiger partial charge on any atom is -0.497 e. The summed E-state index contributed by atoms with van der Waals surface area (Å²) in [5.74, 6) is 0.238. The third kappa shape index (κ3) is 4.74. The van der Waals surface area contributed by atoms with Crippen molar-refractivity contribution < 1.29 is 14.5 Å². The zero-order valence-corrected chi connectivity index (χ0v) is 18.2. The molecule has 0 aliphatic rings. The van der Waals surface area contributed by atoms with E-state index >= 15 is 0 Å². The van der Waals surface area contributed by atoms with Crippen LogP contribution in [0.4, 0.5) is 11.4 Å². The monoisotopic (exact) mass is 442 g/mol. The maximum absolute atomic E-state index is 13.3. The Hall–Kier alpha value is -4.46. The largest absolute Gasteiger partial charge is 0.497 e. The SMILES string of the molecule is COc1cccc(-c2nn(Cc3ccccc3)cc2C(=O)Nc2cccc([N+](=O)[O-])c2C)c1. The first kappa shape index (κ1) is 21.8. The number of anilines is 1. The highest BCUT2D eigenvalue weighted by atomic mass is 16.6. The number of benzene rings is 3. The standard InChI is InChI=1S/C25H22N4O4/c1-17-22(12-7-13-23(17)29(31)32)26-25(30)21-16-28(15-18-8-4-3-5-9-18)27-24(21)19-10-6-11-20(14-19)33-2/h3-14,16H,15H2,1-2H3,(H,26,30). The average molecular weight is 442 g/mol. The molecular weight excluding hydrogens is 420 g/mol. The fourth-order valence-corrected chi connectivity index (χ4v) is 3.57. The van der Waals surface area contributed by atoms with Gasteiger partial charge in [0.25, 0.3) is 11.6 Å². The number of carbonyl (C=O) groups is 1. The Morgan fingerprint density at radius 2 is 1.85 bits per heavy atom. The minimum absolute atomic E-state index is 0.0550. The molecule has 1 amide bonds. The van der Waals surface area contributed by atoms with Crippen LogP contribution in [0, 0.1) is 17.0 Å². The van der Waals surface area contributed by atoms with E-state index in [-0.39, 0.29) is 5.69 Å². The number of hydrogen-bond donors (Lipinski definition) is 1. The fraction of sp³-hybridized carbons (Fsp3) is 0.120. The first-order valence-electron chi connectivity index (χ1n) is 10.3. The summed E-state index contributed by atoms with van der Waals surface area (Å²) in [6, 6.07) is 21.7. The van der Waals surface area contributed by atoms with Crippen molar-refractivity contribution in [3.05, 3.63) is 106 Å². The molecule has 0 saturated heterocycles. The molecular formula is C25H22N4O4. The molecule has 3 aromatic carbocycles. The maximum Gasteiger partial charge on any atom is 0.274 e. The predicted molar refractivity (Wildman–Crippen MR) is 126 cm³/mol. The smallest absolute Gasteiger partial charge is 0.274 e. The van der Waals surface area contributed by atoms with Gasteiger partial charge in [0, 0.05) is 17.8 Å². The molecule has 0 spiro atoms. The number of nitrogens with zero attached hydrogens (tertiary/aromatic N) is 3. The molecule has 0 saturated carbocycles. The summed E-state index contributed by atoms with van der Waals surface area (Å²) in [5.41, 5.74) is 3.31. The van der Waals surface area contributed by atoms with Gasteiger partial charge in [-0.15, -0.1) is 0 Å². The van der Waals surface area contributed by atoms with E-state index in [2.05, 4.69) is 10.4 Å². The van der Waals surface area contributed by atoms with Crippen LogP contribution in [0.5, 0.6) is 5.75 Å². The average Bonchev–Trinajstić information content (AvgIpc) is 3.25. The third-order valence-electron chi connectivity index (χ3n) is 5.29. The number of hydrogen-bond acceptors (Lipinski definition) is 5. The van der Waals surface area contributed by atoms with Gasteiger partial charge in [-0.3, -0.25) is 19.6 Å². The van der Waals surface area contributed by atoms with E-state index in [1.54, 1.807) is 37.0 Å². The van der Waals surface area contributed by atoms with Crippen molar-refractivity contribution in [1.29, 1.82) is 0 Å². The van der Waals surface area contributed by atoms with Gasteiger partial charge in [0.05, 0.1) is 35.4 Å². The quantitative estimate of drug-likeness (QED) is 0.318. The summed E-state index contributed by atoms with van der Waals surface area (Å²) in [6.07, 6.45) is 1.68. The first-order chi connectivity index (χ1) is 16.0. The molecule has 0 atom stereocenters. The Labute approximate surface area is 190 Å². The number of aromatic nitrogens is 2. The van der Waals surface area contributed by atoms with E-state index in [1.165, 1.54) is 6.07 Å². The molecule has 8 heteroatoms. The Kier molecular flexibility index (Phi) is 6.17. The second-order valence-corrected chi connectivity index (χ2v) is 7.47. The summed E-state index contributed by atoms with van der Waals surface area (Å²) in [6.45, 7) is 2.09. The molecule has 33 heavy (non-hydrogen) atoms. The predicted octanol–water partition coefficient (Wildman–Crippen LogP) is 5.08. The van der Waals surface area contributed by atoms with Crippen molar-refractivity contribution in [1.82, 2.24) is 9.78 Å². The van der Waals surface area contributed by atoms with Crippen LogP contribution in [0.15, 0.2) is 79.0 Å². The lowest BCUT2D eigenvalue weighted by Crippen LogP contribution is -2.13. The van der Waals surface area contributed by atoms with E-state index in [4.69, 9.17) is 4.74 Å². The normalized spacial score (nSPS) is 10.6. The highest BCUT2D eigenvalue weighted by Crippen LogP contribution is 2.29. The van der Waals surface area contributed by atoms with Gasteiger partial charge in [0.1, 0.15) is 11.4 Å². The highest BCUT2D eigenvalue weighted by molar-refractivity contribution is 6.08. The summed E-state index contributed by atoms with van der Waals surface area (Å²) < 4.78 is 7.03.